The number of amides is 1. The minimum atomic E-state index is 0.347. The van der Waals surface area contributed by atoms with Crippen LogP contribution in [-0.4, -0.2) is 37.5 Å². The second-order valence-electron chi connectivity index (χ2n) is 6.47. The number of carbonyl (C=O) groups is 1. The van der Waals surface area contributed by atoms with E-state index in [9.17, 15) is 4.79 Å². The van der Waals surface area contributed by atoms with E-state index in [4.69, 9.17) is 0 Å². The Hall–Kier alpha value is -0.570. The number of nitrogens with one attached hydrogen (secondary N) is 1. The van der Waals surface area contributed by atoms with E-state index in [2.05, 4.69) is 26.1 Å². The van der Waals surface area contributed by atoms with Gasteiger partial charge < -0.3 is 10.2 Å². The summed E-state index contributed by atoms with van der Waals surface area (Å²) < 4.78 is 0. The Bertz CT molecular complexity index is 245. The molecule has 1 unspecified atom stereocenters. The molecule has 0 aromatic carbocycles. The third-order valence-electron chi connectivity index (χ3n) is 3.45. The van der Waals surface area contributed by atoms with Gasteiger partial charge in [0.15, 0.2) is 0 Å². The molecule has 1 amide bonds. The highest BCUT2D eigenvalue weighted by Gasteiger charge is 2.25. The zero-order chi connectivity index (χ0) is 12.9. The summed E-state index contributed by atoms with van der Waals surface area (Å²) in [6.45, 7) is 9.64. The number of hydrogen-bond donors (Lipinski definition) is 1. The molecule has 0 spiro atoms. The summed E-state index contributed by atoms with van der Waals surface area (Å²) in [7, 11) is 1.98. The number of rotatable bonds is 5. The molecule has 1 rings (SSSR count). The van der Waals surface area contributed by atoms with E-state index in [0.717, 1.165) is 45.3 Å². The lowest BCUT2D eigenvalue weighted by Gasteiger charge is -2.20. The highest BCUT2D eigenvalue weighted by molar-refractivity contribution is 5.76. The molecule has 0 aromatic heterocycles. The quantitative estimate of drug-likeness (QED) is 0.799. The average Bonchev–Trinajstić information content (AvgIpc) is 2.65. The number of nitrogens with zero attached hydrogens (tertiary/aromatic N) is 1. The third kappa shape index (κ3) is 5.53. The number of likely N-dealkylation sites (tertiary alicyclic amines) is 1. The molecule has 1 atom stereocenters. The van der Waals surface area contributed by atoms with E-state index >= 15 is 0 Å². The molecule has 1 aliphatic rings. The number of hydrogen-bond acceptors (Lipinski definition) is 2. The second kappa shape index (κ2) is 6.39. The van der Waals surface area contributed by atoms with Crippen molar-refractivity contribution in [2.75, 3.05) is 26.7 Å². The Labute approximate surface area is 106 Å². The van der Waals surface area contributed by atoms with Crippen molar-refractivity contribution in [3.05, 3.63) is 0 Å². The van der Waals surface area contributed by atoms with Crippen LogP contribution in [0.5, 0.6) is 0 Å². The van der Waals surface area contributed by atoms with Gasteiger partial charge in [0.25, 0.3) is 0 Å². The van der Waals surface area contributed by atoms with Gasteiger partial charge in [-0.15, -0.1) is 0 Å². The molecule has 17 heavy (non-hydrogen) atoms. The summed E-state index contributed by atoms with van der Waals surface area (Å²) in [5, 5.41) is 3.19. The fraction of sp³-hybridized carbons (Fsp3) is 0.929. The Kier molecular flexibility index (Phi) is 5.44. The summed E-state index contributed by atoms with van der Waals surface area (Å²) in [6.07, 6.45) is 4.04. The van der Waals surface area contributed by atoms with Gasteiger partial charge in [0.1, 0.15) is 0 Å². The molecule has 0 aromatic rings. The molecule has 3 heteroatoms. The summed E-state index contributed by atoms with van der Waals surface area (Å²) in [5.74, 6) is 1.01. The van der Waals surface area contributed by atoms with Crippen LogP contribution >= 0.6 is 0 Å². The molecule has 3 nitrogen and oxygen atoms in total. The zero-order valence-corrected chi connectivity index (χ0v) is 11.9. The standard InChI is InChI=1S/C14H28N2O/c1-14(2,3)8-5-6-13(17)16-9-7-12(11-16)10-15-4/h12,15H,5-11H2,1-4H3. The van der Waals surface area contributed by atoms with Gasteiger partial charge >= 0.3 is 0 Å². The van der Waals surface area contributed by atoms with Crippen molar-refractivity contribution >= 4 is 5.91 Å². The Morgan fingerprint density at radius 2 is 2.12 bits per heavy atom. The van der Waals surface area contributed by atoms with Crippen LogP contribution in [0, 0.1) is 11.3 Å². The molecular weight excluding hydrogens is 212 g/mol. The van der Waals surface area contributed by atoms with Gasteiger partial charge in [0.05, 0.1) is 0 Å². The monoisotopic (exact) mass is 240 g/mol. The van der Waals surface area contributed by atoms with Crippen LogP contribution in [-0.2, 0) is 4.79 Å². The largest absolute Gasteiger partial charge is 0.342 e. The van der Waals surface area contributed by atoms with Gasteiger partial charge in [-0.3, -0.25) is 4.79 Å². The van der Waals surface area contributed by atoms with E-state index in [-0.39, 0.29) is 0 Å². The molecular formula is C14H28N2O. The SMILES string of the molecule is CNCC1CCN(C(=O)CCCC(C)(C)C)C1. The maximum atomic E-state index is 12.0. The number of carbonyl (C=O) groups excluding carboxylic acids is 1. The fourth-order valence-electron chi connectivity index (χ4n) is 2.44. The molecule has 1 N–H and O–H groups in total. The normalized spacial score (nSPS) is 20.9. The van der Waals surface area contributed by atoms with Gasteiger partial charge in [-0.05, 0) is 44.2 Å². The minimum absolute atomic E-state index is 0.347. The topological polar surface area (TPSA) is 32.3 Å². The lowest BCUT2D eigenvalue weighted by Crippen LogP contribution is -2.30. The fourth-order valence-corrected chi connectivity index (χ4v) is 2.44. The first-order chi connectivity index (χ1) is 7.92. The first kappa shape index (κ1) is 14.5. The van der Waals surface area contributed by atoms with E-state index in [1.807, 2.05) is 11.9 Å². The molecule has 0 aliphatic carbocycles. The van der Waals surface area contributed by atoms with Crippen LogP contribution in [0.25, 0.3) is 0 Å². The maximum Gasteiger partial charge on any atom is 0.222 e. The van der Waals surface area contributed by atoms with Crippen molar-refractivity contribution < 1.29 is 4.79 Å². The van der Waals surface area contributed by atoms with Gasteiger partial charge in [0.2, 0.25) is 5.91 Å². The smallest absolute Gasteiger partial charge is 0.222 e. The Balaban J connectivity index is 2.21. The van der Waals surface area contributed by atoms with Crippen molar-refractivity contribution in [3.63, 3.8) is 0 Å². The summed E-state index contributed by atoms with van der Waals surface area (Å²) >= 11 is 0. The maximum absolute atomic E-state index is 12.0. The van der Waals surface area contributed by atoms with E-state index < -0.39 is 0 Å². The first-order valence-electron chi connectivity index (χ1n) is 6.85. The predicted molar refractivity (Wildman–Crippen MR) is 71.9 cm³/mol. The first-order valence-corrected chi connectivity index (χ1v) is 6.85. The van der Waals surface area contributed by atoms with Gasteiger partial charge in [-0.2, -0.15) is 0 Å². The van der Waals surface area contributed by atoms with Gasteiger partial charge in [-0.1, -0.05) is 20.8 Å². The zero-order valence-electron chi connectivity index (χ0n) is 11.9. The molecule has 1 heterocycles. The minimum Gasteiger partial charge on any atom is -0.342 e. The van der Waals surface area contributed by atoms with Crippen molar-refractivity contribution in [3.8, 4) is 0 Å². The van der Waals surface area contributed by atoms with E-state index in [1.54, 1.807) is 0 Å². The molecule has 0 radical (unpaired) electrons. The predicted octanol–water partition coefficient (Wildman–Crippen LogP) is 2.27. The van der Waals surface area contributed by atoms with Crippen molar-refractivity contribution in [1.29, 1.82) is 0 Å². The van der Waals surface area contributed by atoms with Crippen molar-refractivity contribution in [2.24, 2.45) is 11.3 Å². The average molecular weight is 240 g/mol. The van der Waals surface area contributed by atoms with Crippen LogP contribution in [0.1, 0.15) is 46.5 Å². The molecule has 0 saturated carbocycles. The Morgan fingerprint density at radius 1 is 1.41 bits per heavy atom. The molecule has 1 aliphatic heterocycles. The van der Waals surface area contributed by atoms with Crippen LogP contribution in [0.4, 0.5) is 0 Å². The summed E-state index contributed by atoms with van der Waals surface area (Å²) in [4.78, 5) is 14.0. The van der Waals surface area contributed by atoms with Crippen molar-refractivity contribution in [2.45, 2.75) is 46.5 Å². The van der Waals surface area contributed by atoms with Crippen molar-refractivity contribution in [1.82, 2.24) is 10.2 Å². The molecule has 1 fully saturated rings. The van der Waals surface area contributed by atoms with Crippen LogP contribution in [0.3, 0.4) is 0 Å². The van der Waals surface area contributed by atoms with Gasteiger partial charge in [0, 0.05) is 19.5 Å². The molecule has 1 saturated heterocycles. The highest BCUT2D eigenvalue weighted by Crippen LogP contribution is 2.23. The lowest BCUT2D eigenvalue weighted by atomic mass is 9.90. The molecule has 0 bridgehead atoms. The van der Waals surface area contributed by atoms with Crippen LogP contribution in [0.2, 0.25) is 0 Å². The summed E-state index contributed by atoms with van der Waals surface area (Å²) in [6, 6.07) is 0. The highest BCUT2D eigenvalue weighted by atomic mass is 16.2. The summed E-state index contributed by atoms with van der Waals surface area (Å²) in [5.41, 5.74) is 0.347. The Morgan fingerprint density at radius 3 is 2.71 bits per heavy atom. The van der Waals surface area contributed by atoms with E-state index in [0.29, 0.717) is 17.2 Å². The molecule has 100 valence electrons. The lowest BCUT2D eigenvalue weighted by molar-refractivity contribution is -0.130. The van der Waals surface area contributed by atoms with Crippen LogP contribution < -0.4 is 5.32 Å². The van der Waals surface area contributed by atoms with Gasteiger partial charge in [-0.25, -0.2) is 0 Å². The second-order valence-corrected chi connectivity index (χ2v) is 6.47. The van der Waals surface area contributed by atoms with Crippen LogP contribution in [0.15, 0.2) is 0 Å². The van der Waals surface area contributed by atoms with E-state index in [1.165, 1.54) is 0 Å². The third-order valence-corrected chi connectivity index (χ3v) is 3.45.